The molecule has 0 unspecified atom stereocenters. The van der Waals surface area contributed by atoms with Gasteiger partial charge in [-0.25, -0.2) is 0 Å². The van der Waals surface area contributed by atoms with Crippen molar-refractivity contribution < 1.29 is 14.7 Å². The van der Waals surface area contributed by atoms with E-state index in [0.29, 0.717) is 24.9 Å². The Balaban J connectivity index is 1.44. The number of aldehydes is 1. The van der Waals surface area contributed by atoms with Crippen molar-refractivity contribution in [3.8, 4) is 0 Å². The first-order valence-electron chi connectivity index (χ1n) is 11.5. The molecule has 166 valence electrons. The molecule has 0 saturated heterocycles. The summed E-state index contributed by atoms with van der Waals surface area (Å²) in [7, 11) is 0. The fraction of sp³-hybridized carbons (Fsp3) is 0.370. The van der Waals surface area contributed by atoms with E-state index in [1.807, 2.05) is 18.2 Å². The van der Waals surface area contributed by atoms with Crippen molar-refractivity contribution in [3.63, 3.8) is 0 Å². The van der Waals surface area contributed by atoms with Gasteiger partial charge in [-0.2, -0.15) is 0 Å². The van der Waals surface area contributed by atoms with E-state index in [0.717, 1.165) is 66.8 Å². The third kappa shape index (κ3) is 4.38. The van der Waals surface area contributed by atoms with Gasteiger partial charge in [-0.3, -0.25) is 14.4 Å². The fourth-order valence-electron chi connectivity index (χ4n) is 5.03. The van der Waals surface area contributed by atoms with Crippen LogP contribution in [-0.2, 0) is 23.2 Å². The largest absolute Gasteiger partial charge is 0.481 e. The van der Waals surface area contributed by atoms with Crippen molar-refractivity contribution in [3.05, 3.63) is 81.6 Å². The Morgan fingerprint density at radius 3 is 2.56 bits per heavy atom. The van der Waals surface area contributed by atoms with Crippen LogP contribution in [0.2, 0.25) is 0 Å². The molecule has 5 nitrogen and oxygen atoms in total. The zero-order valence-corrected chi connectivity index (χ0v) is 18.3. The van der Waals surface area contributed by atoms with Crippen molar-refractivity contribution in [2.75, 3.05) is 0 Å². The normalized spacial score (nSPS) is 15.5. The number of benzene rings is 2. The molecule has 0 spiro atoms. The van der Waals surface area contributed by atoms with Gasteiger partial charge in [0.15, 0.2) is 0 Å². The summed E-state index contributed by atoms with van der Waals surface area (Å²) < 4.78 is 1.77. The molecular weight excluding hydrogens is 402 g/mol. The second-order valence-electron chi connectivity index (χ2n) is 8.86. The topological polar surface area (TPSA) is 76.4 Å². The molecule has 5 heteroatoms. The highest BCUT2D eigenvalue weighted by Crippen LogP contribution is 2.40. The van der Waals surface area contributed by atoms with Gasteiger partial charge in [0.05, 0.1) is 10.9 Å². The first kappa shape index (κ1) is 22.0. The number of hydrogen-bond donors (Lipinski definition) is 1. The minimum absolute atomic E-state index is 0.0425. The first-order chi connectivity index (χ1) is 15.5. The molecule has 4 rings (SSSR count). The number of carboxylic acids is 1. The maximum absolute atomic E-state index is 12.4. The molecule has 3 aromatic rings. The molecule has 1 saturated carbocycles. The molecule has 0 bridgehead atoms. The van der Waals surface area contributed by atoms with Crippen LogP contribution in [0, 0.1) is 0 Å². The second kappa shape index (κ2) is 9.51. The van der Waals surface area contributed by atoms with Gasteiger partial charge in [0.2, 0.25) is 0 Å². The number of rotatable bonds is 8. The lowest BCUT2D eigenvalue weighted by molar-refractivity contribution is -0.145. The van der Waals surface area contributed by atoms with Crippen molar-refractivity contribution in [1.82, 2.24) is 4.57 Å². The van der Waals surface area contributed by atoms with Crippen molar-refractivity contribution in [2.24, 2.45) is 0 Å². The molecule has 1 fully saturated rings. The number of carbonyl (C=O) groups is 2. The first-order valence-corrected chi connectivity index (χ1v) is 11.5. The highest BCUT2D eigenvalue weighted by atomic mass is 16.4. The van der Waals surface area contributed by atoms with Crippen LogP contribution in [-0.4, -0.2) is 21.9 Å². The molecule has 32 heavy (non-hydrogen) atoms. The molecule has 0 amide bonds. The van der Waals surface area contributed by atoms with Gasteiger partial charge in [0.1, 0.15) is 6.29 Å². The van der Waals surface area contributed by atoms with Crippen molar-refractivity contribution in [2.45, 2.75) is 63.3 Å². The van der Waals surface area contributed by atoms with Gasteiger partial charge in [-0.05, 0) is 72.9 Å². The fourth-order valence-corrected chi connectivity index (χ4v) is 5.03. The number of nitrogens with zero attached hydrogens (tertiary/aromatic N) is 1. The highest BCUT2D eigenvalue weighted by molar-refractivity contribution is 5.87. The number of unbranched alkanes of at least 4 members (excludes halogenated alkanes) is 1. The summed E-state index contributed by atoms with van der Waals surface area (Å²) in [5.74, 6) is -0.706. The average Bonchev–Trinajstić information content (AvgIpc) is 2.83. The third-order valence-corrected chi connectivity index (χ3v) is 6.84. The molecule has 1 N–H and O–H groups in total. The zero-order valence-electron chi connectivity index (χ0n) is 18.3. The van der Waals surface area contributed by atoms with Crippen LogP contribution >= 0.6 is 0 Å². The summed E-state index contributed by atoms with van der Waals surface area (Å²) in [6.45, 7) is 0.607. The summed E-state index contributed by atoms with van der Waals surface area (Å²) in [6.07, 6.45) is 7.85. The van der Waals surface area contributed by atoms with E-state index in [4.69, 9.17) is 0 Å². The maximum atomic E-state index is 12.4. The van der Waals surface area contributed by atoms with E-state index in [9.17, 15) is 19.5 Å². The van der Waals surface area contributed by atoms with Gasteiger partial charge < -0.3 is 9.67 Å². The maximum Gasteiger partial charge on any atom is 0.314 e. The summed E-state index contributed by atoms with van der Waals surface area (Å²) in [5.41, 5.74) is 2.72. The molecule has 1 heterocycles. The van der Waals surface area contributed by atoms with Gasteiger partial charge >= 0.3 is 5.97 Å². The number of aromatic nitrogens is 1. The lowest BCUT2D eigenvalue weighted by Gasteiger charge is -2.34. The van der Waals surface area contributed by atoms with Crippen LogP contribution in [0.25, 0.3) is 10.9 Å². The predicted molar refractivity (Wildman–Crippen MR) is 125 cm³/mol. The van der Waals surface area contributed by atoms with Gasteiger partial charge in [0.25, 0.3) is 5.56 Å². The van der Waals surface area contributed by atoms with Gasteiger partial charge in [0, 0.05) is 18.2 Å². The van der Waals surface area contributed by atoms with E-state index in [2.05, 4.69) is 12.1 Å². The number of fused-ring (bicyclic) bond motifs is 1. The van der Waals surface area contributed by atoms with Crippen LogP contribution < -0.4 is 5.56 Å². The zero-order chi connectivity index (χ0) is 22.6. The van der Waals surface area contributed by atoms with E-state index in [-0.39, 0.29) is 5.56 Å². The standard InChI is InChI=1S/C27H29NO4/c29-19-21-10-12-24-22(17-21)11-13-25(30)28(24)16-5-2-7-20-8-6-9-23(18-20)27(26(31)32)14-3-1-4-15-27/h6,8-13,17-19H,1-5,7,14-16H2,(H,31,32). The lowest BCUT2D eigenvalue weighted by atomic mass is 9.69. The summed E-state index contributed by atoms with van der Waals surface area (Å²) in [4.78, 5) is 35.6. The summed E-state index contributed by atoms with van der Waals surface area (Å²) in [6, 6.07) is 16.8. The van der Waals surface area contributed by atoms with Gasteiger partial charge in [-0.15, -0.1) is 0 Å². The van der Waals surface area contributed by atoms with Crippen LogP contribution in [0.15, 0.2) is 59.4 Å². The number of hydrogen-bond acceptors (Lipinski definition) is 3. The van der Waals surface area contributed by atoms with Crippen LogP contribution in [0.5, 0.6) is 0 Å². The Morgan fingerprint density at radius 2 is 1.81 bits per heavy atom. The average molecular weight is 432 g/mol. The molecule has 0 radical (unpaired) electrons. The van der Waals surface area contributed by atoms with Gasteiger partial charge in [-0.1, -0.05) is 43.5 Å². The van der Waals surface area contributed by atoms with Crippen LogP contribution in [0.1, 0.15) is 66.4 Å². The molecule has 1 aliphatic carbocycles. The molecule has 1 aliphatic rings. The highest BCUT2D eigenvalue weighted by Gasteiger charge is 2.41. The smallest absolute Gasteiger partial charge is 0.314 e. The molecular formula is C27H29NO4. The molecule has 1 aromatic heterocycles. The SMILES string of the molecule is O=Cc1ccc2c(ccc(=O)n2CCCCc2cccc(C3(C(=O)O)CCCCC3)c2)c1. The minimum atomic E-state index is -0.745. The Morgan fingerprint density at radius 1 is 1.00 bits per heavy atom. The van der Waals surface area contributed by atoms with E-state index in [1.165, 1.54) is 0 Å². The lowest BCUT2D eigenvalue weighted by Crippen LogP contribution is -2.37. The number of aliphatic carboxylic acids is 1. The molecule has 0 aliphatic heterocycles. The Bertz CT molecular complexity index is 1190. The summed E-state index contributed by atoms with van der Waals surface area (Å²) in [5, 5.41) is 10.8. The Labute approximate surface area is 187 Å². The van der Waals surface area contributed by atoms with E-state index >= 15 is 0 Å². The Hall–Kier alpha value is -3.21. The van der Waals surface area contributed by atoms with Crippen LogP contribution in [0.3, 0.4) is 0 Å². The second-order valence-corrected chi connectivity index (χ2v) is 8.86. The predicted octanol–water partition coefficient (Wildman–Crippen LogP) is 5.12. The third-order valence-electron chi connectivity index (χ3n) is 6.84. The Kier molecular flexibility index (Phi) is 6.54. The quantitative estimate of drug-likeness (QED) is 0.397. The number of carboxylic acid groups (broad SMARTS) is 1. The van der Waals surface area contributed by atoms with Crippen LogP contribution in [0.4, 0.5) is 0 Å². The molecule has 0 atom stereocenters. The summed E-state index contributed by atoms with van der Waals surface area (Å²) >= 11 is 0. The number of aryl methyl sites for hydroxylation is 2. The van der Waals surface area contributed by atoms with E-state index in [1.54, 1.807) is 28.8 Å². The van der Waals surface area contributed by atoms with E-state index < -0.39 is 11.4 Å². The van der Waals surface area contributed by atoms with Crippen molar-refractivity contribution in [1.29, 1.82) is 0 Å². The molecule has 2 aromatic carbocycles. The monoisotopic (exact) mass is 431 g/mol. The minimum Gasteiger partial charge on any atom is -0.481 e. The van der Waals surface area contributed by atoms with Crippen molar-refractivity contribution >= 4 is 23.2 Å². The number of carbonyl (C=O) groups excluding carboxylic acids is 1. The number of pyridine rings is 1.